The van der Waals surface area contributed by atoms with Gasteiger partial charge in [0.2, 0.25) is 6.10 Å². The lowest BCUT2D eigenvalue weighted by molar-refractivity contribution is -0.143. The van der Waals surface area contributed by atoms with Crippen LogP contribution in [0.25, 0.3) is 0 Å². The summed E-state index contributed by atoms with van der Waals surface area (Å²) in [6.45, 7) is 3.95. The van der Waals surface area contributed by atoms with Crippen LogP contribution in [0.2, 0.25) is 0 Å². The van der Waals surface area contributed by atoms with E-state index in [1.807, 2.05) is 19.9 Å². The minimum atomic E-state index is -1.18. The Morgan fingerprint density at radius 2 is 2.33 bits per heavy atom. The molecule has 1 N–H and O–H groups in total. The fourth-order valence-corrected chi connectivity index (χ4v) is 1.61. The number of carboxylic acid groups (broad SMARTS) is 1. The summed E-state index contributed by atoms with van der Waals surface area (Å²) in [4.78, 5) is 29.1. The van der Waals surface area contributed by atoms with Gasteiger partial charge in [-0.2, -0.15) is 5.26 Å². The summed E-state index contributed by atoms with van der Waals surface area (Å²) in [6.07, 6.45) is -0.704. The molecule has 0 aromatic rings. The first-order valence-electron chi connectivity index (χ1n) is 5.60. The van der Waals surface area contributed by atoms with Crippen LogP contribution < -0.4 is 0 Å². The Kier molecular flexibility index (Phi) is 4.66. The smallest absolute Gasteiger partial charge is 0.353 e. The second-order valence-electron chi connectivity index (χ2n) is 4.17. The van der Waals surface area contributed by atoms with Gasteiger partial charge in [-0.1, -0.05) is 5.16 Å². The molecule has 0 saturated carbocycles. The van der Waals surface area contributed by atoms with Gasteiger partial charge in [0.15, 0.2) is 5.71 Å². The van der Waals surface area contributed by atoms with E-state index in [0.29, 0.717) is 6.54 Å². The minimum absolute atomic E-state index is 0.0378. The van der Waals surface area contributed by atoms with Gasteiger partial charge in [-0.25, -0.2) is 4.79 Å². The molecule has 1 amide bonds. The van der Waals surface area contributed by atoms with Gasteiger partial charge >= 0.3 is 5.97 Å². The summed E-state index contributed by atoms with van der Waals surface area (Å²) in [5.41, 5.74) is -0.155. The van der Waals surface area contributed by atoms with Crippen molar-refractivity contribution in [2.24, 2.45) is 5.16 Å². The predicted molar refractivity (Wildman–Crippen MR) is 61.6 cm³/mol. The van der Waals surface area contributed by atoms with Crippen molar-refractivity contribution in [1.29, 1.82) is 5.26 Å². The Morgan fingerprint density at radius 1 is 1.67 bits per heavy atom. The topological polar surface area (TPSA) is 103 Å². The van der Waals surface area contributed by atoms with Gasteiger partial charge in [-0.15, -0.1) is 0 Å². The zero-order valence-electron chi connectivity index (χ0n) is 10.3. The maximum Gasteiger partial charge on any atom is 0.353 e. The van der Waals surface area contributed by atoms with E-state index in [2.05, 4.69) is 5.16 Å². The molecule has 1 rings (SSSR count). The molecule has 0 aromatic carbocycles. The van der Waals surface area contributed by atoms with E-state index in [4.69, 9.17) is 15.2 Å². The standard InChI is InChI=1S/C11H15N3O4/c1-7(2)14(5-3-4-12)10(15)9-6-8(11(16)17)13-18-9/h7,9H,3,5-6H2,1-2H3,(H,16,17). The molecule has 0 spiro atoms. The van der Waals surface area contributed by atoms with Crippen LogP contribution in [-0.4, -0.2) is 46.3 Å². The number of aliphatic carboxylic acids is 1. The van der Waals surface area contributed by atoms with Crippen LogP contribution in [0.15, 0.2) is 5.16 Å². The quantitative estimate of drug-likeness (QED) is 0.762. The molecule has 0 radical (unpaired) electrons. The summed E-state index contributed by atoms with van der Waals surface area (Å²) < 4.78 is 0. The molecule has 1 atom stereocenters. The third-order valence-electron chi connectivity index (χ3n) is 2.56. The number of nitriles is 1. The lowest BCUT2D eigenvalue weighted by Crippen LogP contribution is -2.44. The van der Waals surface area contributed by atoms with E-state index in [9.17, 15) is 9.59 Å². The Labute approximate surface area is 105 Å². The molecular weight excluding hydrogens is 238 g/mol. The van der Waals surface area contributed by atoms with Crippen LogP contribution in [0.1, 0.15) is 26.7 Å². The van der Waals surface area contributed by atoms with Crippen LogP contribution in [0.4, 0.5) is 0 Å². The molecule has 7 heteroatoms. The fraction of sp³-hybridized carbons (Fsp3) is 0.636. The second-order valence-corrected chi connectivity index (χ2v) is 4.17. The number of carbonyl (C=O) groups excluding carboxylic acids is 1. The Morgan fingerprint density at radius 3 is 2.78 bits per heavy atom. The number of amides is 1. The molecule has 0 aliphatic carbocycles. The molecule has 7 nitrogen and oxygen atoms in total. The molecule has 1 unspecified atom stereocenters. The van der Waals surface area contributed by atoms with Crippen molar-refractivity contribution in [2.45, 2.75) is 38.8 Å². The van der Waals surface area contributed by atoms with Gasteiger partial charge < -0.3 is 14.8 Å². The molecule has 18 heavy (non-hydrogen) atoms. The molecule has 0 fully saturated rings. The summed E-state index contributed by atoms with van der Waals surface area (Å²) in [7, 11) is 0. The maximum absolute atomic E-state index is 12.1. The third-order valence-corrected chi connectivity index (χ3v) is 2.56. The van der Waals surface area contributed by atoms with Crippen molar-refractivity contribution in [3.05, 3.63) is 0 Å². The lowest BCUT2D eigenvalue weighted by Gasteiger charge is -2.27. The van der Waals surface area contributed by atoms with Crippen LogP contribution in [0.5, 0.6) is 0 Å². The van der Waals surface area contributed by atoms with Gasteiger partial charge in [0.1, 0.15) is 0 Å². The highest BCUT2D eigenvalue weighted by atomic mass is 16.6. The van der Waals surface area contributed by atoms with E-state index in [1.54, 1.807) is 0 Å². The summed E-state index contributed by atoms with van der Waals surface area (Å²) in [5.74, 6) is -1.52. The predicted octanol–water partition coefficient (Wildman–Crippen LogP) is 0.367. The first-order chi connectivity index (χ1) is 8.47. The first-order valence-corrected chi connectivity index (χ1v) is 5.60. The van der Waals surface area contributed by atoms with Crippen LogP contribution in [0.3, 0.4) is 0 Å². The Hall–Kier alpha value is -2.10. The summed E-state index contributed by atoms with van der Waals surface area (Å²) in [6, 6.07) is 1.89. The normalized spacial score (nSPS) is 17.9. The average Bonchev–Trinajstić information content (AvgIpc) is 2.78. The van der Waals surface area contributed by atoms with Gasteiger partial charge in [-0.3, -0.25) is 4.79 Å². The number of oxime groups is 1. The fourth-order valence-electron chi connectivity index (χ4n) is 1.61. The number of rotatable bonds is 5. The zero-order valence-corrected chi connectivity index (χ0v) is 10.3. The first kappa shape index (κ1) is 14.0. The van der Waals surface area contributed by atoms with Crippen molar-refractivity contribution in [3.8, 4) is 6.07 Å². The van der Waals surface area contributed by atoms with E-state index >= 15 is 0 Å². The number of hydrogen-bond donors (Lipinski definition) is 1. The van der Waals surface area contributed by atoms with Crippen LogP contribution in [0, 0.1) is 11.3 Å². The molecule has 1 aliphatic heterocycles. The monoisotopic (exact) mass is 253 g/mol. The Bertz CT molecular complexity index is 411. The number of carboxylic acids is 1. The second kappa shape index (κ2) is 6.00. The molecule has 1 heterocycles. The highest BCUT2D eigenvalue weighted by molar-refractivity contribution is 6.36. The van der Waals surface area contributed by atoms with Crippen molar-refractivity contribution in [3.63, 3.8) is 0 Å². The average molecular weight is 253 g/mol. The van der Waals surface area contributed by atoms with Gasteiger partial charge in [0.25, 0.3) is 5.91 Å². The molecule has 0 bridgehead atoms. The van der Waals surface area contributed by atoms with Crippen LogP contribution >= 0.6 is 0 Å². The molecule has 98 valence electrons. The molecular formula is C11H15N3O4. The lowest BCUT2D eigenvalue weighted by atomic mass is 10.1. The van der Waals surface area contributed by atoms with Crippen molar-refractivity contribution >= 4 is 17.6 Å². The summed E-state index contributed by atoms with van der Waals surface area (Å²) in [5, 5.41) is 20.6. The van der Waals surface area contributed by atoms with Gasteiger partial charge in [0, 0.05) is 19.0 Å². The van der Waals surface area contributed by atoms with E-state index in [1.165, 1.54) is 4.90 Å². The van der Waals surface area contributed by atoms with E-state index in [-0.39, 0.29) is 30.5 Å². The SMILES string of the molecule is CC(C)N(CCC#N)C(=O)C1CC(C(=O)O)=NO1. The van der Waals surface area contributed by atoms with E-state index in [0.717, 1.165) is 0 Å². The highest BCUT2D eigenvalue weighted by Gasteiger charge is 2.35. The van der Waals surface area contributed by atoms with Crippen molar-refractivity contribution < 1.29 is 19.5 Å². The van der Waals surface area contributed by atoms with Crippen molar-refractivity contribution in [2.75, 3.05) is 6.54 Å². The molecule has 1 aliphatic rings. The molecule has 0 saturated heterocycles. The highest BCUT2D eigenvalue weighted by Crippen LogP contribution is 2.15. The number of carbonyl (C=O) groups is 2. The van der Waals surface area contributed by atoms with Gasteiger partial charge in [0.05, 0.1) is 12.5 Å². The Balaban J connectivity index is 2.64. The van der Waals surface area contributed by atoms with Crippen LogP contribution in [-0.2, 0) is 14.4 Å². The largest absolute Gasteiger partial charge is 0.477 e. The maximum atomic E-state index is 12.1. The summed E-state index contributed by atoms with van der Waals surface area (Å²) >= 11 is 0. The zero-order chi connectivity index (χ0) is 13.7. The van der Waals surface area contributed by atoms with Gasteiger partial charge in [-0.05, 0) is 13.8 Å². The van der Waals surface area contributed by atoms with Crippen molar-refractivity contribution in [1.82, 2.24) is 4.90 Å². The number of nitrogens with zero attached hydrogens (tertiary/aromatic N) is 3. The third kappa shape index (κ3) is 3.20. The van der Waals surface area contributed by atoms with E-state index < -0.39 is 12.1 Å². The number of hydrogen-bond acceptors (Lipinski definition) is 5. The minimum Gasteiger partial charge on any atom is -0.477 e. The molecule has 0 aromatic heterocycles.